The Morgan fingerprint density at radius 3 is 1.83 bits per heavy atom. The Morgan fingerprint density at radius 2 is 1.28 bits per heavy atom. The summed E-state index contributed by atoms with van der Waals surface area (Å²) >= 11 is 0. The van der Waals surface area contributed by atoms with Gasteiger partial charge in [-0.15, -0.1) is 0 Å². The van der Waals surface area contributed by atoms with Crippen molar-refractivity contribution < 1.29 is 38.2 Å². The number of hydrogen-bond acceptors (Lipinski definition) is 10. The number of nitrogens with zero attached hydrogens (tertiary/aromatic N) is 5. The standard InChI is InChI=1S/C28H38N10O8/c1-28(2,3)46-27(44)35-19-15-38(6)23(33-19)25(42)29-10-8-20(39)31-16-12-17(36(4)13-16)24(41)34-18-14-37(5)22(32-18)26(43)30-11-9-21(40)45-7/h12-15H,8-11H2,1-7H3,(H,29,42)(H,30,43)(H,31,39)(H,34,41)(H,35,44). The van der Waals surface area contributed by atoms with E-state index in [1.807, 2.05) is 0 Å². The lowest BCUT2D eigenvalue weighted by atomic mass is 10.2. The van der Waals surface area contributed by atoms with E-state index in [-0.39, 0.29) is 54.9 Å². The van der Waals surface area contributed by atoms with Gasteiger partial charge in [0, 0.05) is 59.2 Å². The molecule has 0 fully saturated rings. The van der Waals surface area contributed by atoms with Gasteiger partial charge in [-0.25, -0.2) is 14.8 Å². The highest BCUT2D eigenvalue weighted by Gasteiger charge is 2.21. The molecule has 0 saturated heterocycles. The van der Waals surface area contributed by atoms with Gasteiger partial charge in [-0.1, -0.05) is 0 Å². The third-order valence-corrected chi connectivity index (χ3v) is 6.03. The molecule has 0 aliphatic heterocycles. The summed E-state index contributed by atoms with van der Waals surface area (Å²) in [6.45, 7) is 5.21. The van der Waals surface area contributed by atoms with Gasteiger partial charge in [0.2, 0.25) is 17.6 Å². The molecule has 3 aromatic rings. The highest BCUT2D eigenvalue weighted by atomic mass is 16.6. The summed E-state index contributed by atoms with van der Waals surface area (Å²) in [7, 11) is 6.02. The van der Waals surface area contributed by atoms with Crippen LogP contribution in [0.3, 0.4) is 0 Å². The van der Waals surface area contributed by atoms with Gasteiger partial charge in [0.15, 0.2) is 11.6 Å². The zero-order chi connectivity index (χ0) is 34.2. The number of imidazole rings is 2. The van der Waals surface area contributed by atoms with E-state index in [2.05, 4.69) is 41.3 Å². The van der Waals surface area contributed by atoms with Crippen molar-refractivity contribution in [1.82, 2.24) is 34.3 Å². The van der Waals surface area contributed by atoms with Gasteiger partial charge in [0.25, 0.3) is 17.7 Å². The van der Waals surface area contributed by atoms with Crippen molar-refractivity contribution in [2.45, 2.75) is 39.2 Å². The third kappa shape index (κ3) is 9.93. The van der Waals surface area contributed by atoms with E-state index >= 15 is 0 Å². The molecule has 18 heteroatoms. The number of nitrogens with one attached hydrogen (secondary N) is 5. The van der Waals surface area contributed by atoms with Crippen LogP contribution in [-0.2, 0) is 40.2 Å². The minimum absolute atomic E-state index is 0.000275. The van der Waals surface area contributed by atoms with Crippen LogP contribution >= 0.6 is 0 Å². The number of aromatic nitrogens is 5. The summed E-state index contributed by atoms with van der Waals surface area (Å²) in [4.78, 5) is 81.8. The molecule has 0 saturated carbocycles. The monoisotopic (exact) mass is 642 g/mol. The molecule has 0 spiro atoms. The van der Waals surface area contributed by atoms with Crippen LogP contribution in [0, 0.1) is 0 Å². The highest BCUT2D eigenvalue weighted by molar-refractivity contribution is 6.04. The van der Waals surface area contributed by atoms with Gasteiger partial charge in [-0.05, 0) is 26.8 Å². The normalized spacial score (nSPS) is 10.9. The van der Waals surface area contributed by atoms with Gasteiger partial charge < -0.3 is 44.4 Å². The molecule has 3 aromatic heterocycles. The first kappa shape index (κ1) is 34.8. The van der Waals surface area contributed by atoms with Crippen LogP contribution in [-0.4, -0.2) is 85.2 Å². The first-order chi connectivity index (χ1) is 21.6. The number of methoxy groups -OCH3 is 1. The van der Waals surface area contributed by atoms with Gasteiger partial charge >= 0.3 is 12.1 Å². The zero-order valence-corrected chi connectivity index (χ0v) is 26.6. The van der Waals surface area contributed by atoms with Gasteiger partial charge in [0.05, 0.1) is 19.2 Å². The van der Waals surface area contributed by atoms with Gasteiger partial charge in [0.1, 0.15) is 11.3 Å². The van der Waals surface area contributed by atoms with Crippen LogP contribution in [0.2, 0.25) is 0 Å². The second-order valence-electron chi connectivity index (χ2n) is 11.1. The molecule has 5 N–H and O–H groups in total. The molecule has 0 unspecified atom stereocenters. The van der Waals surface area contributed by atoms with E-state index in [1.165, 1.54) is 45.5 Å². The number of carbonyl (C=O) groups is 6. The first-order valence-corrected chi connectivity index (χ1v) is 14.0. The van der Waals surface area contributed by atoms with Crippen LogP contribution in [0.4, 0.5) is 22.1 Å². The van der Waals surface area contributed by atoms with Crippen molar-refractivity contribution >= 4 is 53.0 Å². The summed E-state index contributed by atoms with van der Waals surface area (Å²) in [5, 5.41) is 12.9. The lowest BCUT2D eigenvalue weighted by Crippen LogP contribution is -2.29. The maximum atomic E-state index is 12.9. The molecule has 0 aliphatic carbocycles. The van der Waals surface area contributed by atoms with Crippen LogP contribution in [0.25, 0.3) is 0 Å². The molecular formula is C28H38N10O8. The molecule has 3 rings (SSSR count). The molecule has 0 aromatic carbocycles. The van der Waals surface area contributed by atoms with E-state index in [9.17, 15) is 28.8 Å². The highest BCUT2D eigenvalue weighted by Crippen LogP contribution is 2.16. The number of carbonyl (C=O) groups excluding carboxylic acids is 6. The lowest BCUT2D eigenvalue weighted by Gasteiger charge is -2.18. The third-order valence-electron chi connectivity index (χ3n) is 6.03. The molecule has 0 aliphatic rings. The molecule has 0 bridgehead atoms. The average Bonchev–Trinajstić information content (AvgIpc) is 3.62. The topological polar surface area (TPSA) is 222 Å². The van der Waals surface area contributed by atoms with Crippen LogP contribution < -0.4 is 26.6 Å². The molecule has 0 radical (unpaired) electrons. The molecule has 3 heterocycles. The van der Waals surface area contributed by atoms with E-state index in [0.29, 0.717) is 5.69 Å². The molecular weight excluding hydrogens is 604 g/mol. The number of amides is 5. The van der Waals surface area contributed by atoms with E-state index in [0.717, 1.165) is 0 Å². The minimum Gasteiger partial charge on any atom is -0.469 e. The number of esters is 1. The SMILES string of the molecule is COC(=O)CCNC(=O)c1nc(NC(=O)c2cc(NC(=O)CCNC(=O)c3nc(NC(=O)OC(C)(C)C)cn3C)cn2C)cn1C. The first-order valence-electron chi connectivity index (χ1n) is 14.0. The van der Waals surface area contributed by atoms with Crippen LogP contribution in [0.1, 0.15) is 65.3 Å². The second kappa shape index (κ2) is 14.9. The predicted molar refractivity (Wildman–Crippen MR) is 164 cm³/mol. The summed E-state index contributed by atoms with van der Waals surface area (Å²) in [6, 6.07) is 1.46. The van der Waals surface area contributed by atoms with Crippen molar-refractivity contribution in [2.24, 2.45) is 21.1 Å². The molecule has 46 heavy (non-hydrogen) atoms. The summed E-state index contributed by atoms with van der Waals surface area (Å²) < 4.78 is 14.1. The fourth-order valence-corrected chi connectivity index (χ4v) is 3.97. The maximum Gasteiger partial charge on any atom is 0.413 e. The fourth-order valence-electron chi connectivity index (χ4n) is 3.97. The van der Waals surface area contributed by atoms with Gasteiger partial charge in [-0.3, -0.25) is 29.3 Å². The Kier molecular flexibility index (Phi) is 11.2. The Bertz CT molecular complexity index is 1630. The fraction of sp³-hybridized carbons (Fsp3) is 0.429. The Morgan fingerprint density at radius 1 is 0.739 bits per heavy atom. The Labute approximate surface area is 264 Å². The van der Waals surface area contributed by atoms with E-state index in [4.69, 9.17) is 4.74 Å². The quantitative estimate of drug-likeness (QED) is 0.177. The summed E-state index contributed by atoms with van der Waals surface area (Å²) in [5.41, 5.74) is -0.157. The van der Waals surface area contributed by atoms with Crippen molar-refractivity contribution in [2.75, 3.05) is 36.1 Å². The number of aryl methyl sites for hydroxylation is 3. The van der Waals surface area contributed by atoms with Crippen molar-refractivity contribution in [3.63, 3.8) is 0 Å². The van der Waals surface area contributed by atoms with Gasteiger partial charge in [-0.2, -0.15) is 0 Å². The number of hydrogen-bond donors (Lipinski definition) is 5. The maximum absolute atomic E-state index is 12.9. The van der Waals surface area contributed by atoms with E-state index in [1.54, 1.807) is 41.9 Å². The Hall–Kier alpha value is -5.68. The number of ether oxygens (including phenoxy) is 2. The summed E-state index contributed by atoms with van der Waals surface area (Å²) in [5.74, 6) is -2.23. The zero-order valence-electron chi connectivity index (χ0n) is 26.6. The van der Waals surface area contributed by atoms with Crippen molar-refractivity contribution in [3.8, 4) is 0 Å². The average molecular weight is 643 g/mol. The van der Waals surface area contributed by atoms with Crippen LogP contribution in [0.15, 0.2) is 24.7 Å². The number of rotatable bonds is 12. The molecule has 0 atom stereocenters. The minimum atomic E-state index is -0.712. The number of anilines is 3. The van der Waals surface area contributed by atoms with E-state index < -0.39 is 41.3 Å². The van der Waals surface area contributed by atoms with Crippen LogP contribution in [0.5, 0.6) is 0 Å². The predicted octanol–water partition coefficient (Wildman–Crippen LogP) is 1.14. The molecule has 248 valence electrons. The Balaban J connectivity index is 1.49. The second-order valence-corrected chi connectivity index (χ2v) is 11.1. The summed E-state index contributed by atoms with van der Waals surface area (Å²) in [6.07, 6.45) is 3.66. The molecule has 5 amide bonds. The largest absolute Gasteiger partial charge is 0.469 e. The van der Waals surface area contributed by atoms with Crippen molar-refractivity contribution in [3.05, 3.63) is 42.0 Å². The lowest BCUT2D eigenvalue weighted by molar-refractivity contribution is -0.140. The van der Waals surface area contributed by atoms with Crippen molar-refractivity contribution in [1.29, 1.82) is 0 Å². The smallest absolute Gasteiger partial charge is 0.413 e. The molecule has 18 nitrogen and oxygen atoms in total.